The Hall–Kier alpha value is -1.82. The molecular formula is C23H34N6O4. The average Bonchev–Trinajstić information content (AvgIpc) is 3.55. The second-order valence-electron chi connectivity index (χ2n) is 10.1. The van der Waals surface area contributed by atoms with E-state index in [1.807, 2.05) is 30.5 Å². The molecule has 0 aromatic carbocycles. The standard InChI is InChI=1S/C23H34N6O4/c1-23(2)32-20-18(12-28-9-10-30-13-15(28)11-27-7-3-4-8-27)31-19(21(20)33-23)16-5-6-17-22(24)25-14-26-29(16)17/h5-6,14-15,18-21H,3-4,7-13H2,1-2H3,(H2,24,25,26)/t15-,18-,19+,20-,21+/m1/s1. The van der Waals surface area contributed by atoms with E-state index in [1.165, 1.54) is 32.3 Å². The van der Waals surface area contributed by atoms with Gasteiger partial charge in [-0.15, -0.1) is 0 Å². The Morgan fingerprint density at radius 3 is 2.76 bits per heavy atom. The highest BCUT2D eigenvalue weighted by atomic mass is 16.8. The topological polar surface area (TPSA) is 99.6 Å². The molecule has 0 aliphatic carbocycles. The zero-order valence-electron chi connectivity index (χ0n) is 19.4. The van der Waals surface area contributed by atoms with Gasteiger partial charge in [-0.1, -0.05) is 0 Å². The molecular weight excluding hydrogens is 424 g/mol. The maximum Gasteiger partial charge on any atom is 0.164 e. The second-order valence-corrected chi connectivity index (χ2v) is 10.1. The lowest BCUT2D eigenvalue weighted by Gasteiger charge is -2.39. The molecule has 4 aliphatic heterocycles. The van der Waals surface area contributed by atoms with E-state index in [-0.39, 0.29) is 24.4 Å². The van der Waals surface area contributed by atoms with Crippen LogP contribution in [0.15, 0.2) is 18.5 Å². The molecule has 0 unspecified atom stereocenters. The Morgan fingerprint density at radius 1 is 1.09 bits per heavy atom. The molecule has 5 atom stereocenters. The third-order valence-corrected chi connectivity index (χ3v) is 7.38. The summed E-state index contributed by atoms with van der Waals surface area (Å²) in [6.45, 7) is 10.6. The summed E-state index contributed by atoms with van der Waals surface area (Å²) in [5.74, 6) is -0.208. The Morgan fingerprint density at radius 2 is 1.91 bits per heavy atom. The van der Waals surface area contributed by atoms with Crippen LogP contribution in [0.2, 0.25) is 0 Å². The minimum absolute atomic E-state index is 0.106. The molecule has 10 heteroatoms. The lowest BCUT2D eigenvalue weighted by Crippen LogP contribution is -2.54. The number of hydrogen-bond acceptors (Lipinski definition) is 9. The van der Waals surface area contributed by atoms with Crippen LogP contribution < -0.4 is 5.73 Å². The molecule has 180 valence electrons. The van der Waals surface area contributed by atoms with E-state index in [0.717, 1.165) is 44.1 Å². The Balaban J connectivity index is 1.25. The quantitative estimate of drug-likeness (QED) is 0.705. The lowest BCUT2D eigenvalue weighted by molar-refractivity contribution is -0.191. The number of anilines is 1. The number of ether oxygens (including phenoxy) is 4. The molecule has 33 heavy (non-hydrogen) atoms. The summed E-state index contributed by atoms with van der Waals surface area (Å²) in [6.07, 6.45) is 3.31. The van der Waals surface area contributed by atoms with E-state index in [1.54, 1.807) is 0 Å². The molecule has 6 rings (SSSR count). The smallest absolute Gasteiger partial charge is 0.164 e. The fourth-order valence-electron chi connectivity index (χ4n) is 5.85. The molecule has 6 heterocycles. The van der Waals surface area contributed by atoms with Gasteiger partial charge in [-0.25, -0.2) is 9.50 Å². The van der Waals surface area contributed by atoms with Gasteiger partial charge >= 0.3 is 0 Å². The zero-order valence-corrected chi connectivity index (χ0v) is 19.4. The van der Waals surface area contributed by atoms with Gasteiger partial charge in [0.1, 0.15) is 36.3 Å². The van der Waals surface area contributed by atoms with Gasteiger partial charge in [0.15, 0.2) is 11.6 Å². The SMILES string of the molecule is CC1(C)O[C@@H]2[C@H](O1)[C@@H](CN1CCOC[C@H]1CN1CCCC1)O[C@H]2c1ccc2c(N)ncnn12. The van der Waals surface area contributed by atoms with Crippen LogP contribution in [0.4, 0.5) is 5.82 Å². The number of nitrogen functional groups attached to an aromatic ring is 1. The summed E-state index contributed by atoms with van der Waals surface area (Å²) in [7, 11) is 0. The summed E-state index contributed by atoms with van der Waals surface area (Å²) < 4.78 is 27.1. The van der Waals surface area contributed by atoms with Gasteiger partial charge in [-0.2, -0.15) is 5.10 Å². The summed E-state index contributed by atoms with van der Waals surface area (Å²) in [5.41, 5.74) is 7.74. The predicted octanol–water partition coefficient (Wildman–Crippen LogP) is 1.07. The van der Waals surface area contributed by atoms with Gasteiger partial charge in [0.25, 0.3) is 0 Å². The number of hydrogen-bond donors (Lipinski definition) is 1. The van der Waals surface area contributed by atoms with Gasteiger partial charge in [-0.3, -0.25) is 4.90 Å². The highest BCUT2D eigenvalue weighted by Crippen LogP contribution is 2.45. The monoisotopic (exact) mass is 458 g/mol. The van der Waals surface area contributed by atoms with E-state index < -0.39 is 5.79 Å². The van der Waals surface area contributed by atoms with Gasteiger partial charge in [0, 0.05) is 25.7 Å². The van der Waals surface area contributed by atoms with Crippen molar-refractivity contribution >= 4 is 11.3 Å². The number of likely N-dealkylation sites (tertiary alicyclic amines) is 1. The van der Waals surface area contributed by atoms with Crippen LogP contribution in [0, 0.1) is 0 Å². The zero-order chi connectivity index (χ0) is 22.6. The molecule has 0 bridgehead atoms. The highest BCUT2D eigenvalue weighted by Gasteiger charge is 2.56. The minimum atomic E-state index is -0.656. The van der Waals surface area contributed by atoms with Crippen molar-refractivity contribution in [2.24, 2.45) is 0 Å². The van der Waals surface area contributed by atoms with Crippen LogP contribution in [0.3, 0.4) is 0 Å². The van der Waals surface area contributed by atoms with Crippen LogP contribution in [-0.2, 0) is 18.9 Å². The van der Waals surface area contributed by atoms with E-state index >= 15 is 0 Å². The third kappa shape index (κ3) is 4.02. The Kier molecular flexibility index (Phi) is 5.55. The van der Waals surface area contributed by atoms with Crippen molar-refractivity contribution < 1.29 is 18.9 Å². The van der Waals surface area contributed by atoms with Crippen LogP contribution in [0.1, 0.15) is 38.5 Å². The number of rotatable bonds is 5. The van der Waals surface area contributed by atoms with Gasteiger partial charge in [0.05, 0.1) is 18.9 Å². The normalized spacial score (nSPS) is 34.9. The molecule has 2 N–H and O–H groups in total. The first-order chi connectivity index (χ1) is 16.0. The Bertz CT molecular complexity index is 992. The van der Waals surface area contributed by atoms with E-state index in [4.69, 9.17) is 24.7 Å². The lowest BCUT2D eigenvalue weighted by atomic mass is 10.0. The van der Waals surface area contributed by atoms with E-state index in [9.17, 15) is 0 Å². The largest absolute Gasteiger partial charge is 0.382 e. The van der Waals surface area contributed by atoms with Crippen molar-refractivity contribution in [3.63, 3.8) is 0 Å². The summed E-state index contributed by atoms with van der Waals surface area (Å²) in [6, 6.07) is 4.31. The van der Waals surface area contributed by atoms with Crippen LogP contribution in [0.25, 0.3) is 5.52 Å². The van der Waals surface area contributed by atoms with Crippen molar-refractivity contribution in [2.45, 2.75) is 62.9 Å². The van der Waals surface area contributed by atoms with Crippen molar-refractivity contribution in [1.82, 2.24) is 24.4 Å². The first kappa shape index (κ1) is 21.7. The molecule has 4 fully saturated rings. The van der Waals surface area contributed by atoms with Crippen molar-refractivity contribution in [2.75, 3.05) is 51.7 Å². The number of nitrogens with two attached hydrogens (primary N) is 1. The molecule has 2 aromatic rings. The number of nitrogens with zero attached hydrogens (tertiary/aromatic N) is 5. The van der Waals surface area contributed by atoms with E-state index in [0.29, 0.717) is 11.9 Å². The molecule has 4 aliphatic rings. The maximum absolute atomic E-state index is 6.67. The molecule has 0 radical (unpaired) electrons. The summed E-state index contributed by atoms with van der Waals surface area (Å²) >= 11 is 0. The predicted molar refractivity (Wildman–Crippen MR) is 121 cm³/mol. The van der Waals surface area contributed by atoms with Crippen LogP contribution in [-0.4, -0.2) is 100 Å². The minimum Gasteiger partial charge on any atom is -0.382 e. The molecule has 4 saturated heterocycles. The van der Waals surface area contributed by atoms with Crippen LogP contribution >= 0.6 is 0 Å². The number of aromatic nitrogens is 3. The first-order valence-corrected chi connectivity index (χ1v) is 12.1. The average molecular weight is 459 g/mol. The van der Waals surface area contributed by atoms with Gasteiger partial charge < -0.3 is 29.6 Å². The molecule has 0 amide bonds. The maximum atomic E-state index is 6.67. The number of fused-ring (bicyclic) bond motifs is 2. The number of morpholine rings is 1. The molecule has 0 saturated carbocycles. The molecule has 10 nitrogen and oxygen atoms in total. The highest BCUT2D eigenvalue weighted by molar-refractivity contribution is 5.65. The van der Waals surface area contributed by atoms with Crippen molar-refractivity contribution in [1.29, 1.82) is 0 Å². The molecule has 2 aromatic heterocycles. The van der Waals surface area contributed by atoms with Crippen LogP contribution in [0.5, 0.6) is 0 Å². The second kappa shape index (κ2) is 8.44. The van der Waals surface area contributed by atoms with E-state index in [2.05, 4.69) is 19.9 Å². The first-order valence-electron chi connectivity index (χ1n) is 12.1. The fraction of sp³-hybridized carbons (Fsp3) is 0.739. The van der Waals surface area contributed by atoms with Gasteiger partial charge in [0.2, 0.25) is 0 Å². The Labute approximate surface area is 193 Å². The molecule has 0 spiro atoms. The van der Waals surface area contributed by atoms with Crippen molar-refractivity contribution in [3.8, 4) is 0 Å². The summed E-state index contributed by atoms with van der Waals surface area (Å²) in [5, 5.41) is 4.42. The van der Waals surface area contributed by atoms with Gasteiger partial charge in [-0.05, 0) is 51.9 Å². The summed E-state index contributed by atoms with van der Waals surface area (Å²) in [4.78, 5) is 9.19. The fourth-order valence-corrected chi connectivity index (χ4v) is 5.85. The third-order valence-electron chi connectivity index (χ3n) is 7.38. The van der Waals surface area contributed by atoms with Crippen molar-refractivity contribution in [3.05, 3.63) is 24.2 Å².